The van der Waals surface area contributed by atoms with Crippen LogP contribution >= 0.6 is 27.5 Å². The summed E-state index contributed by atoms with van der Waals surface area (Å²) in [5.74, 6) is 1.20. The first-order valence-corrected chi connectivity index (χ1v) is 6.23. The number of halogens is 2. The number of nitrogen functional groups attached to an aromatic ring is 1. The maximum Gasteiger partial charge on any atom is 0.150 e. The van der Waals surface area contributed by atoms with Crippen LogP contribution in [-0.2, 0) is 0 Å². The van der Waals surface area contributed by atoms with Gasteiger partial charge in [-0.05, 0) is 36.8 Å². The number of nitrogens with two attached hydrogens (primary N) is 1. The molecule has 0 aromatic heterocycles. The summed E-state index contributed by atoms with van der Waals surface area (Å²) in [4.78, 5) is 0. The third-order valence-electron chi connectivity index (χ3n) is 2.40. The number of hydrogen-bond donors (Lipinski definition) is 1. The molecular weight excluding hydrogens is 302 g/mol. The molecule has 0 aliphatic carbocycles. The van der Waals surface area contributed by atoms with E-state index in [2.05, 4.69) is 15.9 Å². The van der Waals surface area contributed by atoms with Crippen LogP contribution in [-0.4, -0.2) is 0 Å². The van der Waals surface area contributed by atoms with Gasteiger partial charge in [0.1, 0.15) is 5.75 Å². The Morgan fingerprint density at radius 1 is 1.18 bits per heavy atom. The van der Waals surface area contributed by atoms with Gasteiger partial charge in [-0.2, -0.15) is 0 Å². The molecule has 17 heavy (non-hydrogen) atoms. The summed E-state index contributed by atoms with van der Waals surface area (Å²) < 4.78 is 6.62. The average Bonchev–Trinajstić information content (AvgIpc) is 2.30. The maximum atomic E-state index is 6.05. The molecule has 0 amide bonds. The highest BCUT2D eigenvalue weighted by Gasteiger charge is 2.07. The minimum absolute atomic E-state index is 0.550. The molecule has 0 aliphatic rings. The van der Waals surface area contributed by atoms with Gasteiger partial charge in [-0.3, -0.25) is 0 Å². The minimum atomic E-state index is 0.550. The van der Waals surface area contributed by atoms with Crippen LogP contribution in [0.15, 0.2) is 40.9 Å². The summed E-state index contributed by atoms with van der Waals surface area (Å²) in [7, 11) is 0. The number of anilines is 1. The Labute approximate surface area is 113 Å². The zero-order valence-electron chi connectivity index (χ0n) is 9.21. The first-order chi connectivity index (χ1) is 8.08. The lowest BCUT2D eigenvalue weighted by Gasteiger charge is -2.11. The number of ether oxygens (including phenoxy) is 1. The van der Waals surface area contributed by atoms with Crippen LogP contribution in [0, 0.1) is 6.92 Å². The van der Waals surface area contributed by atoms with E-state index < -0.39 is 0 Å². The predicted molar refractivity (Wildman–Crippen MR) is 74.8 cm³/mol. The third kappa shape index (κ3) is 2.73. The van der Waals surface area contributed by atoms with Crippen LogP contribution < -0.4 is 10.5 Å². The van der Waals surface area contributed by atoms with Crippen LogP contribution in [0.25, 0.3) is 0 Å². The molecule has 0 unspecified atom stereocenters. The van der Waals surface area contributed by atoms with Gasteiger partial charge in [0.05, 0.1) is 10.7 Å². The molecule has 0 spiro atoms. The fraction of sp³-hybridized carbons (Fsp3) is 0.0769. The van der Waals surface area contributed by atoms with Crippen molar-refractivity contribution in [1.29, 1.82) is 0 Å². The van der Waals surface area contributed by atoms with Crippen molar-refractivity contribution in [1.82, 2.24) is 0 Å². The van der Waals surface area contributed by atoms with Gasteiger partial charge in [-0.15, -0.1) is 0 Å². The van der Waals surface area contributed by atoms with Gasteiger partial charge >= 0.3 is 0 Å². The molecule has 0 heterocycles. The summed E-state index contributed by atoms with van der Waals surface area (Å²) in [5, 5.41) is 0.550. The lowest BCUT2D eigenvalue weighted by Crippen LogP contribution is -1.94. The molecule has 0 saturated heterocycles. The number of rotatable bonds is 2. The van der Waals surface area contributed by atoms with Crippen LogP contribution in [0.5, 0.6) is 11.5 Å². The van der Waals surface area contributed by atoms with Crippen molar-refractivity contribution in [3.05, 3.63) is 51.5 Å². The van der Waals surface area contributed by atoms with Gasteiger partial charge in [0.25, 0.3) is 0 Å². The monoisotopic (exact) mass is 311 g/mol. The van der Waals surface area contributed by atoms with E-state index in [1.165, 1.54) is 0 Å². The average molecular weight is 313 g/mol. The topological polar surface area (TPSA) is 35.2 Å². The van der Waals surface area contributed by atoms with Crippen molar-refractivity contribution in [2.45, 2.75) is 6.92 Å². The van der Waals surface area contributed by atoms with Crippen LogP contribution in [0.3, 0.4) is 0 Å². The van der Waals surface area contributed by atoms with E-state index in [0.717, 1.165) is 10.0 Å². The Morgan fingerprint density at radius 3 is 2.71 bits per heavy atom. The van der Waals surface area contributed by atoms with Crippen molar-refractivity contribution in [3.8, 4) is 11.5 Å². The van der Waals surface area contributed by atoms with Gasteiger partial charge in [0.2, 0.25) is 0 Å². The van der Waals surface area contributed by atoms with Crippen molar-refractivity contribution in [2.75, 3.05) is 5.73 Å². The fourth-order valence-corrected chi connectivity index (χ4v) is 1.91. The highest BCUT2D eigenvalue weighted by atomic mass is 79.9. The van der Waals surface area contributed by atoms with Crippen molar-refractivity contribution in [3.63, 3.8) is 0 Å². The van der Waals surface area contributed by atoms with E-state index in [1.807, 2.05) is 37.3 Å². The molecule has 2 nitrogen and oxygen atoms in total. The Morgan fingerprint density at radius 2 is 1.94 bits per heavy atom. The predicted octanol–water partition coefficient (Wildman–Crippen LogP) is 4.79. The van der Waals surface area contributed by atoms with Crippen molar-refractivity contribution < 1.29 is 4.74 Å². The summed E-state index contributed by atoms with van der Waals surface area (Å²) in [6.45, 7) is 1.94. The number of hydrogen-bond acceptors (Lipinski definition) is 2. The van der Waals surface area contributed by atoms with E-state index in [9.17, 15) is 0 Å². The Balaban J connectivity index is 2.38. The summed E-state index contributed by atoms with van der Waals surface area (Å²) >= 11 is 9.42. The van der Waals surface area contributed by atoms with E-state index in [1.54, 1.807) is 6.07 Å². The zero-order chi connectivity index (χ0) is 12.4. The Kier molecular flexibility index (Phi) is 3.60. The molecule has 2 aromatic carbocycles. The Bertz CT molecular complexity index is 557. The van der Waals surface area contributed by atoms with Gasteiger partial charge in [-0.1, -0.05) is 39.7 Å². The van der Waals surface area contributed by atoms with Gasteiger partial charge < -0.3 is 10.5 Å². The SMILES string of the molecule is Cc1cccc(Oc2cc(Br)ccc2Cl)c1N. The van der Waals surface area contributed by atoms with Gasteiger partial charge in [0.15, 0.2) is 5.75 Å². The molecule has 2 rings (SSSR count). The largest absolute Gasteiger partial charge is 0.454 e. The summed E-state index contributed by atoms with van der Waals surface area (Å²) in [6, 6.07) is 11.1. The molecule has 2 N–H and O–H groups in total. The van der Waals surface area contributed by atoms with Crippen molar-refractivity contribution >= 4 is 33.2 Å². The van der Waals surface area contributed by atoms with E-state index in [-0.39, 0.29) is 0 Å². The number of para-hydroxylation sites is 1. The molecule has 4 heteroatoms. The molecule has 0 bridgehead atoms. The highest BCUT2D eigenvalue weighted by Crippen LogP contribution is 2.35. The summed E-state index contributed by atoms with van der Waals surface area (Å²) in [5.41, 5.74) is 7.55. The lowest BCUT2D eigenvalue weighted by atomic mass is 10.2. The molecule has 88 valence electrons. The lowest BCUT2D eigenvalue weighted by molar-refractivity contribution is 0.484. The molecule has 0 saturated carbocycles. The molecule has 0 radical (unpaired) electrons. The van der Waals surface area contributed by atoms with Crippen molar-refractivity contribution in [2.24, 2.45) is 0 Å². The van der Waals surface area contributed by atoms with Crippen LogP contribution in [0.4, 0.5) is 5.69 Å². The molecule has 0 fully saturated rings. The summed E-state index contributed by atoms with van der Waals surface area (Å²) in [6.07, 6.45) is 0. The number of aryl methyl sites for hydroxylation is 1. The van der Waals surface area contributed by atoms with E-state index in [0.29, 0.717) is 22.2 Å². The quantitative estimate of drug-likeness (QED) is 0.810. The molecule has 2 aromatic rings. The second-order valence-corrected chi connectivity index (χ2v) is 4.99. The van der Waals surface area contributed by atoms with E-state index in [4.69, 9.17) is 22.1 Å². The minimum Gasteiger partial charge on any atom is -0.454 e. The smallest absolute Gasteiger partial charge is 0.150 e. The molecular formula is C13H11BrClNO. The third-order valence-corrected chi connectivity index (χ3v) is 3.20. The molecule has 0 aliphatic heterocycles. The normalized spacial score (nSPS) is 10.3. The van der Waals surface area contributed by atoms with Crippen LogP contribution in [0.2, 0.25) is 5.02 Å². The second-order valence-electron chi connectivity index (χ2n) is 3.66. The van der Waals surface area contributed by atoms with Gasteiger partial charge in [-0.25, -0.2) is 0 Å². The molecule has 0 atom stereocenters. The maximum absolute atomic E-state index is 6.05. The first-order valence-electron chi connectivity index (χ1n) is 5.06. The van der Waals surface area contributed by atoms with Crippen LogP contribution in [0.1, 0.15) is 5.56 Å². The highest BCUT2D eigenvalue weighted by molar-refractivity contribution is 9.10. The fourth-order valence-electron chi connectivity index (χ4n) is 1.42. The standard InChI is InChI=1S/C13H11BrClNO/c1-8-3-2-4-11(13(8)16)17-12-7-9(14)5-6-10(12)15/h2-7H,16H2,1H3. The number of benzene rings is 2. The zero-order valence-corrected chi connectivity index (χ0v) is 11.5. The first kappa shape index (κ1) is 12.3. The Hall–Kier alpha value is -1.19. The van der Waals surface area contributed by atoms with E-state index >= 15 is 0 Å². The van der Waals surface area contributed by atoms with Gasteiger partial charge in [0, 0.05) is 4.47 Å². The second kappa shape index (κ2) is 4.98.